The van der Waals surface area contributed by atoms with Crippen molar-refractivity contribution in [2.24, 2.45) is 7.05 Å². The number of amides is 2. The van der Waals surface area contributed by atoms with Crippen molar-refractivity contribution >= 4 is 23.0 Å². The molecule has 2 aromatic carbocycles. The molecule has 5 rings (SSSR count). The minimum Gasteiger partial charge on any atom is -0.444 e. The van der Waals surface area contributed by atoms with Crippen molar-refractivity contribution in [3.05, 3.63) is 81.9 Å². The lowest BCUT2D eigenvalue weighted by Gasteiger charge is -2.39. The van der Waals surface area contributed by atoms with E-state index in [1.807, 2.05) is 0 Å². The number of aryl methyl sites for hydroxylation is 1. The number of nitrogens with zero attached hydrogens (tertiary/aromatic N) is 5. The lowest BCUT2D eigenvalue weighted by atomic mass is 9.90. The van der Waals surface area contributed by atoms with Crippen molar-refractivity contribution < 1.29 is 45.8 Å². The number of carbonyl (C=O) groups is 2. The number of hydrogen-bond donors (Lipinski definition) is 2. The second-order valence-electron chi connectivity index (χ2n) is 13.9. The predicted octanol–water partition coefficient (Wildman–Crippen LogP) is 5.93. The molecule has 0 unspecified atom stereocenters. The highest BCUT2D eigenvalue weighted by molar-refractivity contribution is 5.89. The Hall–Kier alpha value is -4.93. The highest BCUT2D eigenvalue weighted by Crippen LogP contribution is 2.39. The number of piperidine rings is 1. The van der Waals surface area contributed by atoms with Crippen LogP contribution in [0.15, 0.2) is 59.7 Å². The number of aliphatic hydroxyl groups is 1. The zero-order valence-electron chi connectivity index (χ0n) is 28.8. The van der Waals surface area contributed by atoms with Crippen LogP contribution in [0.1, 0.15) is 62.6 Å². The van der Waals surface area contributed by atoms with Gasteiger partial charge in [-0.05, 0) is 50.8 Å². The van der Waals surface area contributed by atoms with E-state index in [4.69, 9.17) is 4.74 Å². The summed E-state index contributed by atoms with van der Waals surface area (Å²) in [7, 11) is 1.44. The van der Waals surface area contributed by atoms with E-state index in [2.05, 4.69) is 15.4 Å². The van der Waals surface area contributed by atoms with E-state index in [0.29, 0.717) is 0 Å². The number of ether oxygens (including phenoxy) is 1. The normalized spacial score (nSPS) is 15.8. The number of aromatic nitrogens is 4. The summed E-state index contributed by atoms with van der Waals surface area (Å²) in [6, 6.07) is 10.6. The highest BCUT2D eigenvalue weighted by atomic mass is 19.4. The molecule has 2 aromatic heterocycles. The second-order valence-corrected chi connectivity index (χ2v) is 13.9. The molecule has 0 spiro atoms. The summed E-state index contributed by atoms with van der Waals surface area (Å²) in [6.45, 7) is 4.04. The van der Waals surface area contributed by atoms with E-state index in [0.717, 1.165) is 17.0 Å². The van der Waals surface area contributed by atoms with Crippen molar-refractivity contribution in [3.63, 3.8) is 0 Å². The van der Waals surface area contributed by atoms with Crippen LogP contribution in [-0.2, 0) is 35.8 Å². The molecule has 52 heavy (non-hydrogen) atoms. The largest absolute Gasteiger partial charge is 0.444 e. The molecule has 1 saturated heterocycles. The number of rotatable bonds is 8. The maximum atomic E-state index is 14.2. The molecule has 1 fully saturated rings. The van der Waals surface area contributed by atoms with Crippen LogP contribution in [0, 0.1) is 0 Å². The van der Waals surface area contributed by atoms with Gasteiger partial charge in [0.25, 0.3) is 5.56 Å². The smallest absolute Gasteiger partial charge is 0.416 e. The molecule has 1 atom stereocenters. The SMILES string of the molecule is Cn1nc2c(=O)n(CC3(O)CCN(C(=O)C[C@H](c4ccccc4)C(F)(F)F)CC3)cnc2c1-c1ccc(CNC(=O)OC(C)(C)C)c(C(F)(F)F)c1. The van der Waals surface area contributed by atoms with E-state index in [1.165, 1.54) is 53.0 Å². The Morgan fingerprint density at radius 1 is 1.00 bits per heavy atom. The van der Waals surface area contributed by atoms with Gasteiger partial charge in [-0.15, -0.1) is 0 Å². The summed E-state index contributed by atoms with van der Waals surface area (Å²) >= 11 is 0. The monoisotopic (exact) mass is 736 g/mol. The minimum absolute atomic E-state index is 0.0153. The van der Waals surface area contributed by atoms with Crippen molar-refractivity contribution in [2.45, 2.75) is 82.6 Å². The summed E-state index contributed by atoms with van der Waals surface area (Å²) in [6.07, 6.45) is -10.0. The van der Waals surface area contributed by atoms with Crippen LogP contribution >= 0.6 is 0 Å². The maximum Gasteiger partial charge on any atom is 0.416 e. The summed E-state index contributed by atoms with van der Waals surface area (Å²) < 4.78 is 91.4. The Bertz CT molecular complexity index is 1990. The third kappa shape index (κ3) is 8.74. The summed E-state index contributed by atoms with van der Waals surface area (Å²) in [5.41, 5.74) is -4.29. The first-order valence-electron chi connectivity index (χ1n) is 16.4. The van der Waals surface area contributed by atoms with Gasteiger partial charge < -0.3 is 20.1 Å². The maximum absolute atomic E-state index is 14.2. The van der Waals surface area contributed by atoms with Crippen LogP contribution < -0.4 is 10.9 Å². The molecule has 280 valence electrons. The van der Waals surface area contributed by atoms with Crippen LogP contribution in [0.4, 0.5) is 31.1 Å². The van der Waals surface area contributed by atoms with E-state index in [1.54, 1.807) is 26.8 Å². The molecule has 11 nitrogen and oxygen atoms in total. The first-order chi connectivity index (χ1) is 24.1. The quantitative estimate of drug-likeness (QED) is 0.215. The number of halogens is 6. The number of fused-ring (bicyclic) bond motifs is 1. The number of likely N-dealkylation sites (tertiary alicyclic amines) is 1. The highest BCUT2D eigenvalue weighted by Gasteiger charge is 2.44. The first-order valence-corrected chi connectivity index (χ1v) is 16.4. The van der Waals surface area contributed by atoms with Gasteiger partial charge in [-0.25, -0.2) is 9.78 Å². The topological polar surface area (TPSA) is 132 Å². The van der Waals surface area contributed by atoms with Gasteiger partial charge in [0.05, 0.1) is 35.6 Å². The molecule has 2 N–H and O–H groups in total. The average Bonchev–Trinajstić information content (AvgIpc) is 3.39. The molecule has 0 radical (unpaired) electrons. The summed E-state index contributed by atoms with van der Waals surface area (Å²) in [5, 5.41) is 17.9. The summed E-state index contributed by atoms with van der Waals surface area (Å²) in [5.74, 6) is -2.70. The molecule has 4 aromatic rings. The minimum atomic E-state index is -4.80. The predicted molar refractivity (Wildman–Crippen MR) is 177 cm³/mol. The lowest BCUT2D eigenvalue weighted by Crippen LogP contribution is -2.50. The fourth-order valence-corrected chi connectivity index (χ4v) is 6.21. The zero-order chi connectivity index (χ0) is 38.2. The van der Waals surface area contributed by atoms with Crippen molar-refractivity contribution in [1.29, 1.82) is 0 Å². The van der Waals surface area contributed by atoms with Gasteiger partial charge in [0.15, 0.2) is 5.52 Å². The molecule has 0 aliphatic carbocycles. The average molecular weight is 737 g/mol. The number of benzene rings is 2. The van der Waals surface area contributed by atoms with Gasteiger partial charge in [-0.1, -0.05) is 42.5 Å². The van der Waals surface area contributed by atoms with Crippen molar-refractivity contribution in [2.75, 3.05) is 13.1 Å². The van der Waals surface area contributed by atoms with Gasteiger partial charge in [0, 0.05) is 38.7 Å². The van der Waals surface area contributed by atoms with Gasteiger partial charge >= 0.3 is 18.4 Å². The molecular formula is C35H38F6N6O5. The van der Waals surface area contributed by atoms with Crippen molar-refractivity contribution in [1.82, 2.24) is 29.5 Å². The van der Waals surface area contributed by atoms with Gasteiger partial charge in [0.2, 0.25) is 5.91 Å². The Labute approximate surface area is 294 Å². The van der Waals surface area contributed by atoms with E-state index in [-0.39, 0.29) is 65.9 Å². The van der Waals surface area contributed by atoms with Crippen LogP contribution in [0.2, 0.25) is 0 Å². The fraction of sp³-hybridized carbons (Fsp3) is 0.457. The van der Waals surface area contributed by atoms with Crippen LogP contribution in [0.3, 0.4) is 0 Å². The number of carbonyl (C=O) groups excluding carboxylic acids is 2. The first kappa shape index (κ1) is 38.3. The Balaban J connectivity index is 1.32. The van der Waals surface area contributed by atoms with Gasteiger partial charge in [-0.2, -0.15) is 31.4 Å². The molecule has 3 heterocycles. The number of nitrogens with one attached hydrogen (secondary N) is 1. The Morgan fingerprint density at radius 2 is 1.65 bits per heavy atom. The third-order valence-corrected chi connectivity index (χ3v) is 8.81. The number of alkyl halides is 6. The Kier molecular flexibility index (Phi) is 10.5. The lowest BCUT2D eigenvalue weighted by molar-refractivity contribution is -0.162. The third-order valence-electron chi connectivity index (χ3n) is 8.81. The number of hydrogen-bond acceptors (Lipinski definition) is 7. The fourth-order valence-electron chi connectivity index (χ4n) is 6.21. The summed E-state index contributed by atoms with van der Waals surface area (Å²) in [4.78, 5) is 44.1. The zero-order valence-corrected chi connectivity index (χ0v) is 28.8. The molecule has 0 saturated carbocycles. The van der Waals surface area contributed by atoms with Crippen LogP contribution in [0.5, 0.6) is 0 Å². The molecule has 1 aliphatic rings. The molecule has 17 heteroatoms. The van der Waals surface area contributed by atoms with Crippen LogP contribution in [-0.4, -0.2) is 71.8 Å². The van der Waals surface area contributed by atoms with E-state index in [9.17, 15) is 45.8 Å². The standard InChI is InChI=1S/C35H38F6N6O5/c1-32(2,3)52-31(50)42-18-23-11-10-22(16-24(23)34(36,37)38)29-27-28(44-45(29)4)30(49)47(20-43-27)19-33(51)12-14-46(15-13-33)26(48)17-25(35(39,40)41)21-8-6-5-7-9-21/h5-11,16,20,25,51H,12-15,17-19H2,1-4H3,(H,42,50)/t25-/m1/s1. The second kappa shape index (κ2) is 14.2. The van der Waals surface area contributed by atoms with E-state index >= 15 is 0 Å². The van der Waals surface area contributed by atoms with Gasteiger partial charge in [0.1, 0.15) is 11.1 Å². The molecule has 2 amide bonds. The number of alkyl carbamates (subject to hydrolysis) is 1. The molecule has 1 aliphatic heterocycles. The van der Waals surface area contributed by atoms with Gasteiger partial charge in [-0.3, -0.25) is 18.8 Å². The van der Waals surface area contributed by atoms with Crippen molar-refractivity contribution in [3.8, 4) is 11.3 Å². The Morgan fingerprint density at radius 3 is 2.25 bits per heavy atom. The van der Waals surface area contributed by atoms with Crippen LogP contribution in [0.25, 0.3) is 22.3 Å². The van der Waals surface area contributed by atoms with E-state index < -0.39 is 65.6 Å². The molecule has 0 bridgehead atoms. The molecular weight excluding hydrogens is 698 g/mol.